The number of ether oxygens (including phenoxy) is 1. The average molecular weight is 292 g/mol. The van der Waals surface area contributed by atoms with Crippen LogP contribution in [0.5, 0.6) is 5.75 Å². The molecule has 112 valence electrons. The van der Waals surface area contributed by atoms with Gasteiger partial charge in [-0.05, 0) is 12.1 Å². The van der Waals surface area contributed by atoms with E-state index >= 15 is 0 Å². The lowest BCUT2D eigenvalue weighted by Gasteiger charge is -2.28. The van der Waals surface area contributed by atoms with Gasteiger partial charge in [0.25, 0.3) is 0 Å². The number of hydrogen-bond acceptors (Lipinski definition) is 3. The van der Waals surface area contributed by atoms with Crippen LogP contribution in [0.15, 0.2) is 18.2 Å². The average Bonchev–Trinajstić information content (AvgIpc) is 2.64. The van der Waals surface area contributed by atoms with Gasteiger partial charge in [-0.25, -0.2) is 4.39 Å². The molecule has 1 atom stereocenters. The normalized spacial score (nSPS) is 20.6. The summed E-state index contributed by atoms with van der Waals surface area (Å²) < 4.78 is 56.9. The highest BCUT2D eigenvalue weighted by molar-refractivity contribution is 5.58. The van der Waals surface area contributed by atoms with Crippen LogP contribution in [0.4, 0.5) is 23.2 Å². The van der Waals surface area contributed by atoms with E-state index in [4.69, 9.17) is 4.74 Å². The Morgan fingerprint density at radius 3 is 2.75 bits per heavy atom. The van der Waals surface area contributed by atoms with E-state index in [1.807, 2.05) is 0 Å². The van der Waals surface area contributed by atoms with Gasteiger partial charge in [-0.1, -0.05) is 0 Å². The number of methoxy groups -OCH3 is 1. The van der Waals surface area contributed by atoms with Crippen molar-refractivity contribution in [3.63, 3.8) is 0 Å². The maximum atomic E-state index is 13.2. The number of nitrogens with zero attached hydrogens (tertiary/aromatic N) is 1. The van der Waals surface area contributed by atoms with Crippen LogP contribution in [0.1, 0.15) is 0 Å². The summed E-state index contributed by atoms with van der Waals surface area (Å²) in [5, 5.41) is 2.78. The van der Waals surface area contributed by atoms with Crippen LogP contribution in [0, 0.1) is 11.7 Å². The molecule has 1 aliphatic rings. The SMILES string of the molecule is COc1cc(F)ccc1N1CCNCC(C(F)(F)F)C1. The molecular weight excluding hydrogens is 276 g/mol. The highest BCUT2D eigenvalue weighted by atomic mass is 19.4. The zero-order valence-corrected chi connectivity index (χ0v) is 11.0. The van der Waals surface area contributed by atoms with Gasteiger partial charge in [0.1, 0.15) is 11.6 Å². The van der Waals surface area contributed by atoms with Gasteiger partial charge in [-0.2, -0.15) is 13.2 Å². The number of benzene rings is 1. The highest BCUT2D eigenvalue weighted by Gasteiger charge is 2.41. The molecule has 0 aromatic heterocycles. The predicted molar refractivity (Wildman–Crippen MR) is 67.6 cm³/mol. The van der Waals surface area contributed by atoms with Gasteiger partial charge in [0.15, 0.2) is 0 Å². The first-order chi connectivity index (χ1) is 9.41. The van der Waals surface area contributed by atoms with E-state index in [1.165, 1.54) is 25.3 Å². The number of rotatable bonds is 2. The van der Waals surface area contributed by atoms with Crippen LogP contribution < -0.4 is 15.0 Å². The van der Waals surface area contributed by atoms with E-state index in [2.05, 4.69) is 5.32 Å². The Bertz CT molecular complexity index is 464. The van der Waals surface area contributed by atoms with E-state index in [0.717, 1.165) is 0 Å². The third kappa shape index (κ3) is 3.33. The lowest BCUT2D eigenvalue weighted by Crippen LogP contribution is -2.38. The smallest absolute Gasteiger partial charge is 0.394 e. The standard InChI is InChI=1S/C13H16F4N2O/c1-20-12-6-10(14)2-3-11(12)19-5-4-18-7-9(8-19)13(15,16)17/h2-3,6,9,18H,4-5,7-8H2,1H3. The number of anilines is 1. The summed E-state index contributed by atoms with van der Waals surface area (Å²) in [5.41, 5.74) is 0.479. The van der Waals surface area contributed by atoms with Crippen LogP contribution in [0.25, 0.3) is 0 Å². The molecule has 3 nitrogen and oxygen atoms in total. The van der Waals surface area contributed by atoms with Crippen molar-refractivity contribution in [3.8, 4) is 5.75 Å². The Morgan fingerprint density at radius 1 is 1.35 bits per heavy atom. The summed E-state index contributed by atoms with van der Waals surface area (Å²) in [6.07, 6.45) is -4.26. The molecule has 1 aliphatic heterocycles. The van der Waals surface area contributed by atoms with E-state index in [0.29, 0.717) is 18.8 Å². The summed E-state index contributed by atoms with van der Waals surface area (Å²) in [6.45, 7) is 0.573. The zero-order chi connectivity index (χ0) is 14.8. The molecule has 0 saturated carbocycles. The Labute approximate surface area is 114 Å². The van der Waals surface area contributed by atoms with Gasteiger partial charge in [0.2, 0.25) is 0 Å². The van der Waals surface area contributed by atoms with Gasteiger partial charge in [0.05, 0.1) is 18.7 Å². The topological polar surface area (TPSA) is 24.5 Å². The van der Waals surface area contributed by atoms with Crippen LogP contribution in [0.2, 0.25) is 0 Å². The Morgan fingerprint density at radius 2 is 2.10 bits per heavy atom. The quantitative estimate of drug-likeness (QED) is 0.847. The molecule has 1 fully saturated rings. The van der Waals surface area contributed by atoms with Crippen molar-refractivity contribution >= 4 is 5.69 Å². The summed E-state index contributed by atoms with van der Waals surface area (Å²) >= 11 is 0. The number of nitrogens with one attached hydrogen (secondary N) is 1. The third-order valence-electron chi connectivity index (χ3n) is 3.34. The molecular formula is C13H16F4N2O. The van der Waals surface area contributed by atoms with Gasteiger partial charge >= 0.3 is 6.18 Å². The third-order valence-corrected chi connectivity index (χ3v) is 3.34. The molecule has 1 heterocycles. The molecule has 1 aromatic carbocycles. The number of halogens is 4. The fourth-order valence-electron chi connectivity index (χ4n) is 2.26. The maximum absolute atomic E-state index is 13.2. The van der Waals surface area contributed by atoms with Gasteiger partial charge in [-0.3, -0.25) is 0 Å². The second-order valence-corrected chi connectivity index (χ2v) is 4.70. The molecule has 0 radical (unpaired) electrons. The van der Waals surface area contributed by atoms with Crippen molar-refractivity contribution in [1.29, 1.82) is 0 Å². The van der Waals surface area contributed by atoms with Crippen LogP contribution >= 0.6 is 0 Å². The van der Waals surface area contributed by atoms with E-state index in [9.17, 15) is 17.6 Å². The minimum absolute atomic E-state index is 0.108. The van der Waals surface area contributed by atoms with Crippen molar-refractivity contribution in [2.24, 2.45) is 5.92 Å². The van der Waals surface area contributed by atoms with Crippen molar-refractivity contribution in [2.75, 3.05) is 38.2 Å². The Kier molecular flexibility index (Phi) is 4.37. The van der Waals surface area contributed by atoms with Crippen molar-refractivity contribution < 1.29 is 22.3 Å². The van der Waals surface area contributed by atoms with Crippen molar-refractivity contribution in [1.82, 2.24) is 5.32 Å². The maximum Gasteiger partial charge on any atom is 0.394 e. The molecule has 20 heavy (non-hydrogen) atoms. The van der Waals surface area contributed by atoms with E-state index in [1.54, 1.807) is 4.90 Å². The first-order valence-corrected chi connectivity index (χ1v) is 6.27. The second-order valence-electron chi connectivity index (χ2n) is 4.70. The molecule has 7 heteroatoms. The van der Waals surface area contributed by atoms with Gasteiger partial charge in [0, 0.05) is 32.2 Å². The highest BCUT2D eigenvalue weighted by Crippen LogP contribution is 2.33. The lowest BCUT2D eigenvalue weighted by atomic mass is 10.1. The summed E-state index contributed by atoms with van der Waals surface area (Å²) in [7, 11) is 1.37. The molecule has 1 saturated heterocycles. The van der Waals surface area contributed by atoms with Crippen molar-refractivity contribution in [3.05, 3.63) is 24.0 Å². The molecule has 1 N–H and O–H groups in total. The summed E-state index contributed by atoms with van der Waals surface area (Å²) in [5.74, 6) is -1.70. The molecule has 0 amide bonds. The minimum Gasteiger partial charge on any atom is -0.494 e. The number of hydrogen-bond donors (Lipinski definition) is 1. The van der Waals surface area contributed by atoms with Crippen LogP contribution in [0.3, 0.4) is 0 Å². The first-order valence-electron chi connectivity index (χ1n) is 6.27. The van der Waals surface area contributed by atoms with Gasteiger partial charge in [-0.15, -0.1) is 0 Å². The largest absolute Gasteiger partial charge is 0.494 e. The number of alkyl halides is 3. The fourth-order valence-corrected chi connectivity index (χ4v) is 2.26. The predicted octanol–water partition coefficient (Wildman–Crippen LogP) is 2.42. The lowest BCUT2D eigenvalue weighted by molar-refractivity contribution is -0.169. The Balaban J connectivity index is 2.26. The van der Waals surface area contributed by atoms with Crippen LogP contribution in [-0.2, 0) is 0 Å². The zero-order valence-electron chi connectivity index (χ0n) is 11.0. The first kappa shape index (κ1) is 14.9. The molecule has 1 unspecified atom stereocenters. The molecule has 2 rings (SSSR count). The van der Waals surface area contributed by atoms with E-state index < -0.39 is 17.9 Å². The Hall–Kier alpha value is -1.50. The fraction of sp³-hybridized carbons (Fsp3) is 0.538. The molecule has 1 aromatic rings. The van der Waals surface area contributed by atoms with Crippen LogP contribution in [-0.4, -0.2) is 39.5 Å². The van der Waals surface area contributed by atoms with Gasteiger partial charge < -0.3 is 15.0 Å². The van der Waals surface area contributed by atoms with Crippen molar-refractivity contribution in [2.45, 2.75) is 6.18 Å². The summed E-state index contributed by atoms with van der Waals surface area (Å²) in [4.78, 5) is 1.58. The molecule has 0 aliphatic carbocycles. The minimum atomic E-state index is -4.26. The second kappa shape index (κ2) is 5.87. The molecule has 0 spiro atoms. The van der Waals surface area contributed by atoms with E-state index in [-0.39, 0.29) is 18.8 Å². The monoisotopic (exact) mass is 292 g/mol. The summed E-state index contributed by atoms with van der Waals surface area (Å²) in [6, 6.07) is 3.85. The molecule has 0 bridgehead atoms.